The molecule has 0 unspecified atom stereocenters. The van der Waals surface area contributed by atoms with Gasteiger partial charge in [-0.1, -0.05) is 23.7 Å². The van der Waals surface area contributed by atoms with Crippen LogP contribution in [0.3, 0.4) is 0 Å². The highest BCUT2D eigenvalue weighted by molar-refractivity contribution is 7.99. The topological polar surface area (TPSA) is 75.6 Å². The minimum absolute atomic E-state index is 0.187. The number of thioether (sulfide) groups is 2. The van der Waals surface area contributed by atoms with Crippen LogP contribution in [0, 0.1) is 11.3 Å². The van der Waals surface area contributed by atoms with E-state index in [-0.39, 0.29) is 5.95 Å². The standard InChI is InChI=1S/C13H11ClN4S2/c1-19-11-10(6-15)12(18-13(16)17-11)20-7-8-2-4-9(14)5-3-8/h2-5H,7H2,1H3,(H2,16,17,18). The Balaban J connectivity index is 2.23. The van der Waals surface area contributed by atoms with Crippen molar-refractivity contribution in [1.82, 2.24) is 9.97 Å². The normalized spacial score (nSPS) is 10.2. The summed E-state index contributed by atoms with van der Waals surface area (Å²) in [5, 5.41) is 11.2. The van der Waals surface area contributed by atoms with Gasteiger partial charge in [0, 0.05) is 10.8 Å². The fraction of sp³-hybridized carbons (Fsp3) is 0.154. The molecule has 20 heavy (non-hydrogen) atoms. The second-order valence-corrected chi connectivity index (χ2v) is 5.99. The van der Waals surface area contributed by atoms with Crippen LogP contribution in [0.1, 0.15) is 11.1 Å². The Kier molecular flexibility index (Phi) is 5.12. The smallest absolute Gasteiger partial charge is 0.222 e. The van der Waals surface area contributed by atoms with E-state index in [1.54, 1.807) is 0 Å². The van der Waals surface area contributed by atoms with Crippen LogP contribution in [-0.4, -0.2) is 16.2 Å². The molecule has 2 aromatic rings. The van der Waals surface area contributed by atoms with Crippen molar-refractivity contribution in [3.05, 3.63) is 40.4 Å². The Morgan fingerprint density at radius 3 is 2.50 bits per heavy atom. The zero-order chi connectivity index (χ0) is 14.5. The molecule has 7 heteroatoms. The molecule has 0 atom stereocenters. The number of nitrogen functional groups attached to an aromatic ring is 1. The quantitative estimate of drug-likeness (QED) is 0.684. The maximum atomic E-state index is 9.24. The molecule has 0 fully saturated rings. The molecule has 0 amide bonds. The Bertz CT molecular complexity index is 653. The van der Waals surface area contributed by atoms with Crippen LogP contribution in [-0.2, 0) is 5.75 Å². The van der Waals surface area contributed by atoms with Gasteiger partial charge in [0.1, 0.15) is 21.7 Å². The lowest BCUT2D eigenvalue weighted by Gasteiger charge is -2.07. The maximum Gasteiger partial charge on any atom is 0.222 e. The molecule has 0 saturated heterocycles. The van der Waals surface area contributed by atoms with Gasteiger partial charge in [-0.3, -0.25) is 0 Å². The van der Waals surface area contributed by atoms with E-state index in [0.29, 0.717) is 26.4 Å². The second kappa shape index (κ2) is 6.84. The summed E-state index contributed by atoms with van der Waals surface area (Å²) < 4.78 is 0. The van der Waals surface area contributed by atoms with Crippen molar-refractivity contribution in [2.75, 3.05) is 12.0 Å². The third-order valence-electron chi connectivity index (χ3n) is 2.45. The number of nitrogens with two attached hydrogens (primary N) is 1. The minimum atomic E-state index is 0.187. The highest BCUT2D eigenvalue weighted by Gasteiger charge is 2.13. The Morgan fingerprint density at radius 1 is 1.25 bits per heavy atom. The van der Waals surface area contributed by atoms with E-state index in [2.05, 4.69) is 16.0 Å². The van der Waals surface area contributed by atoms with Gasteiger partial charge in [-0.15, -0.1) is 23.5 Å². The number of nitrogens with zero attached hydrogens (tertiary/aromatic N) is 3. The molecule has 4 nitrogen and oxygen atoms in total. The van der Waals surface area contributed by atoms with Crippen molar-refractivity contribution in [3.63, 3.8) is 0 Å². The second-order valence-electron chi connectivity index (χ2n) is 3.80. The fourth-order valence-electron chi connectivity index (χ4n) is 1.52. The third-order valence-corrected chi connectivity index (χ3v) is 4.43. The molecule has 1 heterocycles. The molecule has 0 aliphatic carbocycles. The molecule has 102 valence electrons. The molecule has 2 rings (SSSR count). The SMILES string of the molecule is CSc1nc(N)nc(SCc2ccc(Cl)cc2)c1C#N. The number of aromatic nitrogens is 2. The predicted molar refractivity (Wildman–Crippen MR) is 84.0 cm³/mol. The lowest BCUT2D eigenvalue weighted by molar-refractivity contribution is 0.961. The van der Waals surface area contributed by atoms with Crippen molar-refractivity contribution < 1.29 is 0 Å². The van der Waals surface area contributed by atoms with Crippen molar-refractivity contribution in [1.29, 1.82) is 5.26 Å². The molecule has 0 spiro atoms. The lowest BCUT2D eigenvalue weighted by atomic mass is 10.2. The molecule has 0 radical (unpaired) electrons. The number of hydrogen-bond donors (Lipinski definition) is 1. The minimum Gasteiger partial charge on any atom is -0.368 e. The van der Waals surface area contributed by atoms with Crippen LogP contribution >= 0.6 is 35.1 Å². The summed E-state index contributed by atoms with van der Waals surface area (Å²) in [6, 6.07) is 9.71. The van der Waals surface area contributed by atoms with E-state index in [9.17, 15) is 5.26 Å². The fourth-order valence-corrected chi connectivity index (χ4v) is 3.18. The van der Waals surface area contributed by atoms with Gasteiger partial charge in [0.05, 0.1) is 0 Å². The highest BCUT2D eigenvalue weighted by Crippen LogP contribution is 2.30. The van der Waals surface area contributed by atoms with Crippen LogP contribution in [0.4, 0.5) is 5.95 Å². The van der Waals surface area contributed by atoms with E-state index in [1.807, 2.05) is 30.5 Å². The first kappa shape index (κ1) is 15.0. The number of rotatable bonds is 4. The molecule has 0 aliphatic heterocycles. The average molecular weight is 323 g/mol. The van der Waals surface area contributed by atoms with Crippen molar-refractivity contribution in [2.24, 2.45) is 0 Å². The van der Waals surface area contributed by atoms with Gasteiger partial charge in [-0.05, 0) is 24.0 Å². The first-order valence-corrected chi connectivity index (χ1v) is 8.21. The zero-order valence-electron chi connectivity index (χ0n) is 10.6. The summed E-state index contributed by atoms with van der Waals surface area (Å²) >= 11 is 8.70. The number of anilines is 1. The van der Waals surface area contributed by atoms with Gasteiger partial charge < -0.3 is 5.73 Å². The third kappa shape index (κ3) is 3.57. The van der Waals surface area contributed by atoms with E-state index >= 15 is 0 Å². The van der Waals surface area contributed by atoms with Crippen molar-refractivity contribution in [2.45, 2.75) is 15.8 Å². The molecule has 2 N–H and O–H groups in total. The summed E-state index contributed by atoms with van der Waals surface area (Å²) in [5.74, 6) is 0.878. The predicted octanol–water partition coefficient (Wildman–Crippen LogP) is 3.60. The molecular weight excluding hydrogens is 312 g/mol. The summed E-state index contributed by atoms with van der Waals surface area (Å²) in [6.07, 6.45) is 1.86. The number of hydrogen-bond acceptors (Lipinski definition) is 6. The summed E-state index contributed by atoms with van der Waals surface area (Å²) in [7, 11) is 0. The van der Waals surface area contributed by atoms with Crippen LogP contribution in [0.2, 0.25) is 5.02 Å². The highest BCUT2D eigenvalue weighted by atomic mass is 35.5. The maximum absolute atomic E-state index is 9.24. The van der Waals surface area contributed by atoms with Crippen molar-refractivity contribution >= 4 is 41.1 Å². The van der Waals surface area contributed by atoms with Gasteiger partial charge in [0.15, 0.2) is 0 Å². The van der Waals surface area contributed by atoms with E-state index in [1.165, 1.54) is 23.5 Å². The van der Waals surface area contributed by atoms with Gasteiger partial charge in [-0.25, -0.2) is 9.97 Å². The van der Waals surface area contributed by atoms with Gasteiger partial charge in [0.25, 0.3) is 0 Å². The first-order chi connectivity index (χ1) is 9.63. The largest absolute Gasteiger partial charge is 0.368 e. The Labute approximate surface area is 130 Å². The lowest BCUT2D eigenvalue weighted by Crippen LogP contribution is -2.01. The molecule has 0 aliphatic rings. The number of halogens is 1. The average Bonchev–Trinajstić information content (AvgIpc) is 2.46. The molecule has 0 bridgehead atoms. The van der Waals surface area contributed by atoms with Crippen LogP contribution < -0.4 is 5.73 Å². The van der Waals surface area contributed by atoms with Gasteiger partial charge in [0.2, 0.25) is 5.95 Å². The number of benzene rings is 1. The summed E-state index contributed by atoms with van der Waals surface area (Å²) in [6.45, 7) is 0. The van der Waals surface area contributed by atoms with Crippen LogP contribution in [0.25, 0.3) is 0 Å². The van der Waals surface area contributed by atoms with Gasteiger partial charge in [-0.2, -0.15) is 5.26 Å². The van der Waals surface area contributed by atoms with Crippen LogP contribution in [0.5, 0.6) is 0 Å². The zero-order valence-corrected chi connectivity index (χ0v) is 13.0. The monoisotopic (exact) mass is 322 g/mol. The molecule has 1 aromatic carbocycles. The Morgan fingerprint density at radius 2 is 1.90 bits per heavy atom. The molecule has 0 saturated carbocycles. The summed E-state index contributed by atoms with van der Waals surface area (Å²) in [4.78, 5) is 8.22. The van der Waals surface area contributed by atoms with Crippen LogP contribution in [0.15, 0.2) is 34.3 Å². The van der Waals surface area contributed by atoms with E-state index in [0.717, 1.165) is 5.56 Å². The molecular formula is C13H11ClN4S2. The summed E-state index contributed by atoms with van der Waals surface area (Å²) in [5.41, 5.74) is 7.25. The van der Waals surface area contributed by atoms with E-state index in [4.69, 9.17) is 17.3 Å². The van der Waals surface area contributed by atoms with E-state index < -0.39 is 0 Å². The Hall–Kier alpha value is -1.42. The van der Waals surface area contributed by atoms with Gasteiger partial charge >= 0.3 is 0 Å². The van der Waals surface area contributed by atoms with Crippen molar-refractivity contribution in [3.8, 4) is 6.07 Å². The number of nitriles is 1. The first-order valence-electron chi connectivity index (χ1n) is 5.63. The molecule has 1 aromatic heterocycles.